The van der Waals surface area contributed by atoms with E-state index < -0.39 is 0 Å². The fourth-order valence-electron chi connectivity index (χ4n) is 2.56. The Morgan fingerprint density at radius 2 is 1.79 bits per heavy atom. The Labute approximate surface area is 127 Å². The van der Waals surface area contributed by atoms with E-state index in [2.05, 4.69) is 58.4 Å². The van der Waals surface area contributed by atoms with E-state index in [0.29, 0.717) is 0 Å². The molecule has 0 aliphatic carbocycles. The first-order chi connectivity index (χ1) is 9.25. The van der Waals surface area contributed by atoms with Crippen LogP contribution in [0.1, 0.15) is 0 Å². The lowest BCUT2D eigenvalue weighted by Crippen LogP contribution is -1.75. The average Bonchev–Trinajstić information content (AvgIpc) is 2.80. The molecule has 0 spiro atoms. The Morgan fingerprint density at radius 3 is 2.68 bits per heavy atom. The maximum absolute atomic E-state index is 6.51. The van der Waals surface area contributed by atoms with Crippen molar-refractivity contribution in [2.75, 3.05) is 0 Å². The zero-order chi connectivity index (χ0) is 13.0. The van der Waals surface area contributed by atoms with Gasteiger partial charge in [-0.2, -0.15) is 0 Å². The summed E-state index contributed by atoms with van der Waals surface area (Å²) in [6, 6.07) is 16.7. The first-order valence-corrected chi connectivity index (χ1v) is 7.92. The molecular weight excluding hydrogens is 340 g/mol. The number of rotatable bonds is 0. The lowest BCUT2D eigenvalue weighted by atomic mass is 10.1. The van der Waals surface area contributed by atoms with Crippen molar-refractivity contribution in [2.24, 2.45) is 0 Å². The summed E-state index contributed by atoms with van der Waals surface area (Å²) < 4.78 is 3.64. The highest BCUT2D eigenvalue weighted by molar-refractivity contribution is 9.10. The van der Waals surface area contributed by atoms with Crippen molar-refractivity contribution in [3.8, 4) is 0 Å². The summed E-state index contributed by atoms with van der Waals surface area (Å²) in [5.41, 5.74) is 0. The second kappa shape index (κ2) is 4.20. The molecule has 0 fully saturated rings. The number of benzene rings is 3. The van der Waals surface area contributed by atoms with Gasteiger partial charge >= 0.3 is 0 Å². The van der Waals surface area contributed by atoms with Crippen LogP contribution >= 0.6 is 38.9 Å². The molecule has 19 heavy (non-hydrogen) atoms. The summed E-state index contributed by atoms with van der Waals surface area (Å²) in [4.78, 5) is 0. The molecule has 0 saturated carbocycles. The van der Waals surface area contributed by atoms with E-state index in [9.17, 15) is 0 Å². The van der Waals surface area contributed by atoms with Crippen LogP contribution in [0.25, 0.3) is 30.9 Å². The number of fused-ring (bicyclic) bond motifs is 5. The van der Waals surface area contributed by atoms with Crippen molar-refractivity contribution < 1.29 is 0 Å². The first kappa shape index (κ1) is 11.7. The van der Waals surface area contributed by atoms with Crippen molar-refractivity contribution in [1.82, 2.24) is 0 Å². The van der Waals surface area contributed by atoms with E-state index in [-0.39, 0.29) is 0 Å². The van der Waals surface area contributed by atoms with Gasteiger partial charge < -0.3 is 0 Å². The molecule has 1 heterocycles. The van der Waals surface area contributed by atoms with Crippen LogP contribution in [0.15, 0.2) is 53.0 Å². The minimum absolute atomic E-state index is 0.826. The van der Waals surface area contributed by atoms with Crippen molar-refractivity contribution in [2.45, 2.75) is 0 Å². The normalized spacial score (nSPS) is 11.7. The second-order valence-corrected chi connectivity index (χ2v) is 6.81. The molecule has 0 nitrogen and oxygen atoms in total. The predicted molar refractivity (Wildman–Crippen MR) is 89.5 cm³/mol. The lowest BCUT2D eigenvalue weighted by molar-refractivity contribution is 1.79. The maximum Gasteiger partial charge on any atom is 0.0505 e. The van der Waals surface area contributed by atoms with Gasteiger partial charge in [0.1, 0.15) is 0 Å². The fraction of sp³-hybridized carbons (Fsp3) is 0. The summed E-state index contributed by atoms with van der Waals surface area (Å²) in [6.45, 7) is 0. The van der Waals surface area contributed by atoms with E-state index in [4.69, 9.17) is 11.6 Å². The third-order valence-corrected chi connectivity index (χ3v) is 5.54. The largest absolute Gasteiger partial charge is 0.134 e. The molecule has 0 saturated heterocycles. The first-order valence-electron chi connectivity index (χ1n) is 5.93. The average molecular weight is 348 g/mol. The molecule has 0 amide bonds. The molecule has 0 aliphatic rings. The van der Waals surface area contributed by atoms with Gasteiger partial charge in [0.05, 0.1) is 5.02 Å². The maximum atomic E-state index is 6.51. The molecule has 3 heteroatoms. The van der Waals surface area contributed by atoms with E-state index in [1.165, 1.54) is 25.6 Å². The molecule has 0 atom stereocenters. The van der Waals surface area contributed by atoms with Crippen LogP contribution in [0.3, 0.4) is 0 Å². The minimum atomic E-state index is 0.826. The monoisotopic (exact) mass is 346 g/mol. The molecule has 0 aliphatic heterocycles. The highest BCUT2D eigenvalue weighted by atomic mass is 79.9. The number of hydrogen-bond donors (Lipinski definition) is 0. The van der Waals surface area contributed by atoms with E-state index in [0.717, 1.165) is 14.9 Å². The summed E-state index contributed by atoms with van der Waals surface area (Å²) in [5, 5.41) is 5.68. The van der Waals surface area contributed by atoms with Crippen molar-refractivity contribution in [3.63, 3.8) is 0 Å². The topological polar surface area (TPSA) is 0 Å². The van der Waals surface area contributed by atoms with Crippen molar-refractivity contribution >= 4 is 69.8 Å². The third-order valence-electron chi connectivity index (χ3n) is 3.39. The second-order valence-electron chi connectivity index (χ2n) is 4.50. The van der Waals surface area contributed by atoms with Gasteiger partial charge in [0.25, 0.3) is 0 Å². The summed E-state index contributed by atoms with van der Waals surface area (Å²) in [7, 11) is 0. The highest BCUT2D eigenvalue weighted by Gasteiger charge is 2.13. The number of hydrogen-bond acceptors (Lipinski definition) is 1. The number of thiophene rings is 1. The molecule has 4 rings (SSSR count). The Balaban J connectivity index is 2.38. The highest BCUT2D eigenvalue weighted by Crippen LogP contribution is 2.44. The van der Waals surface area contributed by atoms with Gasteiger partial charge in [0, 0.05) is 24.6 Å². The Hall–Kier alpha value is -1.09. The smallest absolute Gasteiger partial charge is 0.0505 e. The van der Waals surface area contributed by atoms with Crippen LogP contribution in [-0.2, 0) is 0 Å². The van der Waals surface area contributed by atoms with Gasteiger partial charge in [0.2, 0.25) is 0 Å². The standard InChI is InChI=1S/C16H8BrClS/c17-11-6-3-7-13-14(11)15-12(18)8-9-4-1-2-5-10(9)16(15)19-13/h1-8H. The van der Waals surface area contributed by atoms with E-state index >= 15 is 0 Å². The molecule has 0 N–H and O–H groups in total. The Bertz CT molecular complexity index is 940. The van der Waals surface area contributed by atoms with Crippen LogP contribution in [-0.4, -0.2) is 0 Å². The van der Waals surface area contributed by atoms with Crippen LogP contribution in [0.4, 0.5) is 0 Å². The molecule has 4 aromatic rings. The zero-order valence-corrected chi connectivity index (χ0v) is 12.9. The van der Waals surface area contributed by atoms with Gasteiger partial charge in [0.15, 0.2) is 0 Å². The fourth-order valence-corrected chi connectivity index (χ4v) is 4.91. The third kappa shape index (κ3) is 1.64. The van der Waals surface area contributed by atoms with Gasteiger partial charge in [-0.3, -0.25) is 0 Å². The van der Waals surface area contributed by atoms with Crippen LogP contribution in [0, 0.1) is 0 Å². The predicted octanol–water partition coefficient (Wildman–Crippen LogP) is 6.62. The Morgan fingerprint density at radius 1 is 0.947 bits per heavy atom. The number of halogens is 2. The molecule has 3 aromatic carbocycles. The van der Waals surface area contributed by atoms with Crippen molar-refractivity contribution in [1.29, 1.82) is 0 Å². The van der Waals surface area contributed by atoms with Crippen molar-refractivity contribution in [3.05, 3.63) is 58.0 Å². The van der Waals surface area contributed by atoms with Crippen LogP contribution < -0.4 is 0 Å². The Kier molecular flexibility index (Phi) is 2.59. The molecule has 0 radical (unpaired) electrons. The van der Waals surface area contributed by atoms with Gasteiger partial charge in [-0.25, -0.2) is 0 Å². The molecular formula is C16H8BrClS. The van der Waals surface area contributed by atoms with Crippen LogP contribution in [0.5, 0.6) is 0 Å². The lowest BCUT2D eigenvalue weighted by Gasteiger charge is -2.02. The van der Waals surface area contributed by atoms with Crippen LogP contribution in [0.2, 0.25) is 5.02 Å². The van der Waals surface area contributed by atoms with Gasteiger partial charge in [-0.1, -0.05) is 57.9 Å². The quantitative estimate of drug-likeness (QED) is 0.335. The summed E-state index contributed by atoms with van der Waals surface area (Å²) >= 11 is 12.0. The summed E-state index contributed by atoms with van der Waals surface area (Å²) in [6.07, 6.45) is 0. The minimum Gasteiger partial charge on any atom is -0.134 e. The van der Waals surface area contributed by atoms with Gasteiger partial charge in [-0.05, 0) is 29.0 Å². The van der Waals surface area contributed by atoms with E-state index in [1.807, 2.05) is 6.07 Å². The van der Waals surface area contributed by atoms with E-state index in [1.54, 1.807) is 11.3 Å². The summed E-state index contributed by atoms with van der Waals surface area (Å²) in [5.74, 6) is 0. The molecule has 0 bridgehead atoms. The SMILES string of the molecule is Clc1cc2ccccc2c2sc3cccc(Br)c3c12. The molecule has 1 aromatic heterocycles. The van der Waals surface area contributed by atoms with Gasteiger partial charge in [-0.15, -0.1) is 11.3 Å². The zero-order valence-electron chi connectivity index (χ0n) is 9.78. The molecule has 0 unspecified atom stereocenters. The molecule has 92 valence electrons.